The van der Waals surface area contributed by atoms with Crippen molar-refractivity contribution in [2.75, 3.05) is 13.1 Å². The number of nitrogens with one attached hydrogen (secondary N) is 1. The molecule has 1 N–H and O–H groups in total. The lowest BCUT2D eigenvalue weighted by molar-refractivity contribution is -0.385. The van der Waals surface area contributed by atoms with Crippen LogP contribution in [-0.4, -0.2) is 26.4 Å². The molecule has 1 aromatic carbocycles. The quantitative estimate of drug-likeness (QED) is 0.201. The van der Waals surface area contributed by atoms with E-state index >= 15 is 0 Å². The second-order valence-electron chi connectivity index (χ2n) is 3.49. The van der Waals surface area contributed by atoms with Crippen molar-refractivity contribution >= 4 is 15.7 Å². The number of para-hydroxylation sites is 1. The summed E-state index contributed by atoms with van der Waals surface area (Å²) in [6, 6.07) is 5.61. The fraction of sp³-hybridized carbons (Fsp3) is 0.333. The van der Waals surface area contributed by atoms with Crippen LogP contribution in [0.1, 0.15) is 5.56 Å². The van der Waals surface area contributed by atoms with Gasteiger partial charge in [-0.05, 0) is 5.53 Å². The maximum Gasteiger partial charge on any atom is 0.273 e. The summed E-state index contributed by atoms with van der Waals surface area (Å²) >= 11 is 0. The molecule has 0 saturated heterocycles. The van der Waals surface area contributed by atoms with E-state index in [2.05, 4.69) is 14.7 Å². The third-order valence-corrected chi connectivity index (χ3v) is 3.47. The van der Waals surface area contributed by atoms with Crippen LogP contribution in [0.4, 0.5) is 5.69 Å². The zero-order valence-corrected chi connectivity index (χ0v) is 10.6. The molecule has 0 bridgehead atoms. The van der Waals surface area contributed by atoms with Crippen LogP contribution in [0.25, 0.3) is 10.4 Å². The van der Waals surface area contributed by atoms with Crippen LogP contribution in [-0.2, 0) is 15.8 Å². The topological polar surface area (TPSA) is 138 Å². The van der Waals surface area contributed by atoms with Gasteiger partial charge in [-0.2, -0.15) is 0 Å². The summed E-state index contributed by atoms with van der Waals surface area (Å²) in [6.45, 7) is -0.0698. The van der Waals surface area contributed by atoms with Crippen molar-refractivity contribution < 1.29 is 13.3 Å². The molecular weight excluding hydrogens is 274 g/mol. The van der Waals surface area contributed by atoms with Crippen molar-refractivity contribution in [1.82, 2.24) is 4.72 Å². The molecule has 10 heteroatoms. The number of nitro benzene ring substituents is 1. The monoisotopic (exact) mass is 285 g/mol. The lowest BCUT2D eigenvalue weighted by atomic mass is 10.2. The maximum atomic E-state index is 11.7. The van der Waals surface area contributed by atoms with Crippen LogP contribution in [0, 0.1) is 10.1 Å². The van der Waals surface area contributed by atoms with Gasteiger partial charge in [-0.1, -0.05) is 23.3 Å². The van der Waals surface area contributed by atoms with Crippen LogP contribution in [0.5, 0.6) is 0 Å². The minimum Gasteiger partial charge on any atom is -0.258 e. The number of sulfonamides is 1. The summed E-state index contributed by atoms with van der Waals surface area (Å²) in [4.78, 5) is 12.6. The van der Waals surface area contributed by atoms with E-state index in [0.717, 1.165) is 0 Å². The molecule has 0 radical (unpaired) electrons. The minimum atomic E-state index is -3.71. The van der Waals surface area contributed by atoms with Crippen LogP contribution in [0.2, 0.25) is 0 Å². The number of nitrogens with zero attached hydrogens (tertiary/aromatic N) is 4. The Labute approximate surface area is 109 Å². The number of hydrogen-bond donors (Lipinski definition) is 1. The number of azide groups is 1. The molecule has 0 aliphatic rings. The summed E-state index contributed by atoms with van der Waals surface area (Å²) in [6.07, 6.45) is 0. The fourth-order valence-corrected chi connectivity index (χ4v) is 2.52. The van der Waals surface area contributed by atoms with Crippen molar-refractivity contribution in [2.24, 2.45) is 5.11 Å². The summed E-state index contributed by atoms with van der Waals surface area (Å²) in [5.74, 6) is -0.500. The molecule has 0 unspecified atom stereocenters. The second kappa shape index (κ2) is 6.69. The summed E-state index contributed by atoms with van der Waals surface area (Å²) in [5, 5.41) is 13.9. The lowest BCUT2D eigenvalue weighted by Gasteiger charge is -2.05. The average molecular weight is 285 g/mol. The molecule has 9 nitrogen and oxygen atoms in total. The van der Waals surface area contributed by atoms with Crippen LogP contribution < -0.4 is 4.72 Å². The highest BCUT2D eigenvalue weighted by atomic mass is 32.2. The maximum absolute atomic E-state index is 11.7. The Morgan fingerprint density at radius 3 is 2.74 bits per heavy atom. The Bertz CT molecular complexity index is 609. The fourth-order valence-electron chi connectivity index (χ4n) is 1.36. The van der Waals surface area contributed by atoms with Crippen LogP contribution in [0.3, 0.4) is 0 Å². The molecule has 0 aromatic heterocycles. The predicted molar refractivity (Wildman–Crippen MR) is 67.7 cm³/mol. The van der Waals surface area contributed by atoms with Gasteiger partial charge < -0.3 is 0 Å². The Morgan fingerprint density at radius 2 is 2.11 bits per heavy atom. The van der Waals surface area contributed by atoms with E-state index in [1.807, 2.05) is 0 Å². The number of nitro groups is 1. The lowest BCUT2D eigenvalue weighted by Crippen LogP contribution is -2.27. The van der Waals surface area contributed by atoms with Gasteiger partial charge in [0.2, 0.25) is 10.0 Å². The average Bonchev–Trinajstić information content (AvgIpc) is 2.34. The van der Waals surface area contributed by atoms with Gasteiger partial charge in [-0.3, -0.25) is 10.1 Å². The van der Waals surface area contributed by atoms with E-state index in [0.29, 0.717) is 0 Å². The largest absolute Gasteiger partial charge is 0.273 e. The summed E-state index contributed by atoms with van der Waals surface area (Å²) in [7, 11) is -3.71. The van der Waals surface area contributed by atoms with Gasteiger partial charge in [-0.15, -0.1) is 0 Å². The Morgan fingerprint density at radius 1 is 1.42 bits per heavy atom. The van der Waals surface area contributed by atoms with Crippen molar-refractivity contribution in [2.45, 2.75) is 5.75 Å². The molecular formula is C9H11N5O4S. The van der Waals surface area contributed by atoms with E-state index in [1.165, 1.54) is 24.3 Å². The molecule has 1 rings (SSSR count). The van der Waals surface area contributed by atoms with Crippen molar-refractivity contribution in [3.63, 3.8) is 0 Å². The molecule has 0 aliphatic carbocycles. The summed E-state index contributed by atoms with van der Waals surface area (Å²) < 4.78 is 25.5. The van der Waals surface area contributed by atoms with E-state index in [1.54, 1.807) is 0 Å². The first kappa shape index (κ1) is 14.9. The van der Waals surface area contributed by atoms with E-state index < -0.39 is 20.7 Å². The molecule has 0 amide bonds. The molecule has 0 aliphatic heterocycles. The van der Waals surface area contributed by atoms with Gasteiger partial charge in [0.25, 0.3) is 5.69 Å². The van der Waals surface area contributed by atoms with Gasteiger partial charge in [-0.25, -0.2) is 13.1 Å². The van der Waals surface area contributed by atoms with Crippen molar-refractivity contribution in [1.29, 1.82) is 0 Å². The smallest absolute Gasteiger partial charge is 0.258 e. The molecule has 102 valence electrons. The van der Waals surface area contributed by atoms with Crippen LogP contribution in [0.15, 0.2) is 29.4 Å². The number of rotatable bonds is 7. The normalized spacial score (nSPS) is 10.7. The second-order valence-corrected chi connectivity index (χ2v) is 5.30. The first-order valence-corrected chi connectivity index (χ1v) is 6.82. The van der Waals surface area contributed by atoms with E-state index in [4.69, 9.17) is 5.53 Å². The first-order valence-electron chi connectivity index (χ1n) is 5.17. The number of hydrogen-bond acceptors (Lipinski definition) is 5. The Balaban J connectivity index is 2.78. The zero-order valence-electron chi connectivity index (χ0n) is 9.76. The first-order chi connectivity index (χ1) is 8.96. The highest BCUT2D eigenvalue weighted by Crippen LogP contribution is 2.19. The Kier molecular flexibility index (Phi) is 5.24. The standard InChI is InChI=1S/C9H11N5O4S/c10-13-11-5-6-12-19(17,18)7-8-3-1-2-4-9(8)14(15)16/h1-4,12H,5-7H2. The molecule has 0 heterocycles. The van der Waals surface area contributed by atoms with Crippen molar-refractivity contribution in [3.8, 4) is 0 Å². The highest BCUT2D eigenvalue weighted by molar-refractivity contribution is 7.88. The van der Waals surface area contributed by atoms with E-state index in [9.17, 15) is 18.5 Å². The minimum absolute atomic E-state index is 0.0212. The third kappa shape index (κ3) is 4.92. The van der Waals surface area contributed by atoms with Crippen molar-refractivity contribution in [3.05, 3.63) is 50.4 Å². The molecule has 0 saturated carbocycles. The molecule has 1 aromatic rings. The SMILES string of the molecule is [N-]=[N+]=NCCNS(=O)(=O)Cc1ccccc1[N+](=O)[O-]. The van der Waals surface area contributed by atoms with Gasteiger partial charge in [0, 0.05) is 29.6 Å². The van der Waals surface area contributed by atoms with Gasteiger partial charge in [0.15, 0.2) is 0 Å². The molecule has 0 spiro atoms. The third-order valence-electron chi connectivity index (χ3n) is 2.13. The molecule has 0 fully saturated rings. The van der Waals surface area contributed by atoms with Gasteiger partial charge >= 0.3 is 0 Å². The van der Waals surface area contributed by atoms with Crippen LogP contribution >= 0.6 is 0 Å². The number of benzene rings is 1. The summed E-state index contributed by atoms with van der Waals surface area (Å²) in [5.41, 5.74) is 7.89. The molecule has 19 heavy (non-hydrogen) atoms. The predicted octanol–water partition coefficient (Wildman–Crippen LogP) is 1.32. The molecule has 0 atom stereocenters. The highest BCUT2D eigenvalue weighted by Gasteiger charge is 2.18. The van der Waals surface area contributed by atoms with Gasteiger partial charge in [0.1, 0.15) is 0 Å². The van der Waals surface area contributed by atoms with Gasteiger partial charge in [0.05, 0.1) is 10.7 Å². The zero-order chi connectivity index (χ0) is 14.3. The Hall–Kier alpha value is -2.16. The van der Waals surface area contributed by atoms with E-state index in [-0.39, 0.29) is 24.3 Å².